The van der Waals surface area contributed by atoms with Gasteiger partial charge in [0.25, 0.3) is 5.91 Å². The highest BCUT2D eigenvalue weighted by atomic mass is 35.5. The molecule has 1 fully saturated rings. The van der Waals surface area contributed by atoms with Gasteiger partial charge >= 0.3 is 6.09 Å². The van der Waals surface area contributed by atoms with Crippen LogP contribution in [-0.4, -0.2) is 74.4 Å². The van der Waals surface area contributed by atoms with Crippen LogP contribution in [0.5, 0.6) is 0 Å². The molecule has 2 aliphatic rings. The standard InChI is InChI=1S/C11H7ClN4O.C6H10N2O3/c12-7-1-2-9(15-5-7)16-6-8-10(11(16)17)14-4-3-13-8;1-7-2-3-8(6(10)11)4-5(7)9/h1-5H,6H2;2-4H2,1H3,(H,10,11). The van der Waals surface area contributed by atoms with Crippen molar-refractivity contribution in [3.05, 3.63) is 47.1 Å². The van der Waals surface area contributed by atoms with Gasteiger partial charge in [-0.2, -0.15) is 0 Å². The number of pyridine rings is 1. The second-order valence-electron chi connectivity index (χ2n) is 6.10. The van der Waals surface area contributed by atoms with Crippen LogP contribution in [0.1, 0.15) is 16.2 Å². The average Bonchev–Trinajstić information content (AvgIpc) is 3.02. The van der Waals surface area contributed by atoms with Crippen LogP contribution in [0.3, 0.4) is 0 Å². The third-order valence-electron chi connectivity index (χ3n) is 4.25. The summed E-state index contributed by atoms with van der Waals surface area (Å²) in [5.41, 5.74) is 1.07. The Balaban J connectivity index is 0.000000178. The van der Waals surface area contributed by atoms with Gasteiger partial charge < -0.3 is 10.0 Å². The first-order valence-corrected chi connectivity index (χ1v) is 8.69. The largest absolute Gasteiger partial charge is 0.465 e. The molecule has 3 amide bonds. The molecule has 0 aliphatic carbocycles. The summed E-state index contributed by atoms with van der Waals surface area (Å²) in [6, 6.07) is 3.40. The van der Waals surface area contributed by atoms with E-state index in [1.54, 1.807) is 25.4 Å². The monoisotopic (exact) mass is 404 g/mol. The zero-order valence-electron chi connectivity index (χ0n) is 14.9. The molecule has 0 atom stereocenters. The van der Waals surface area contributed by atoms with E-state index in [0.717, 1.165) is 4.90 Å². The maximum Gasteiger partial charge on any atom is 0.407 e. The maximum absolute atomic E-state index is 12.0. The number of nitrogens with zero attached hydrogens (tertiary/aromatic N) is 6. The molecule has 10 nitrogen and oxygen atoms in total. The van der Waals surface area contributed by atoms with Crippen molar-refractivity contribution in [3.8, 4) is 0 Å². The normalized spacial score (nSPS) is 15.9. The van der Waals surface area contributed by atoms with Crippen molar-refractivity contribution in [1.29, 1.82) is 0 Å². The molecule has 4 heterocycles. The quantitative estimate of drug-likeness (QED) is 0.756. The Morgan fingerprint density at radius 3 is 2.46 bits per heavy atom. The summed E-state index contributed by atoms with van der Waals surface area (Å²) in [5, 5.41) is 9.03. The number of fused-ring (bicyclic) bond motifs is 1. The zero-order valence-corrected chi connectivity index (χ0v) is 15.7. The minimum atomic E-state index is -1.02. The summed E-state index contributed by atoms with van der Waals surface area (Å²) >= 11 is 5.75. The van der Waals surface area contributed by atoms with Crippen LogP contribution in [0, 0.1) is 0 Å². The third kappa shape index (κ3) is 4.17. The van der Waals surface area contributed by atoms with Crippen LogP contribution in [0.2, 0.25) is 5.02 Å². The fourth-order valence-corrected chi connectivity index (χ4v) is 2.76. The fourth-order valence-electron chi connectivity index (χ4n) is 2.65. The predicted octanol–water partition coefficient (Wildman–Crippen LogP) is 1.12. The average molecular weight is 405 g/mol. The number of hydrogen-bond donors (Lipinski definition) is 1. The molecule has 1 saturated heterocycles. The van der Waals surface area contributed by atoms with Crippen molar-refractivity contribution in [2.75, 3.05) is 31.6 Å². The Morgan fingerprint density at radius 1 is 1.11 bits per heavy atom. The molecule has 0 saturated carbocycles. The minimum Gasteiger partial charge on any atom is -0.465 e. The minimum absolute atomic E-state index is 0.00810. The van der Waals surface area contributed by atoms with E-state index in [0.29, 0.717) is 41.9 Å². The number of rotatable bonds is 1. The van der Waals surface area contributed by atoms with Crippen LogP contribution in [0.4, 0.5) is 10.6 Å². The van der Waals surface area contributed by atoms with Crippen molar-refractivity contribution in [1.82, 2.24) is 24.8 Å². The maximum atomic E-state index is 12.0. The van der Waals surface area contributed by atoms with E-state index in [4.69, 9.17) is 16.7 Å². The van der Waals surface area contributed by atoms with E-state index < -0.39 is 6.09 Å². The molecular formula is C17H17ClN6O4. The van der Waals surface area contributed by atoms with Crippen LogP contribution in [0.25, 0.3) is 0 Å². The van der Waals surface area contributed by atoms with Crippen LogP contribution in [0.15, 0.2) is 30.7 Å². The lowest BCUT2D eigenvalue weighted by Gasteiger charge is -2.29. The smallest absolute Gasteiger partial charge is 0.407 e. The van der Waals surface area contributed by atoms with Crippen molar-refractivity contribution in [2.45, 2.75) is 6.54 Å². The van der Waals surface area contributed by atoms with E-state index in [1.165, 1.54) is 22.2 Å². The van der Waals surface area contributed by atoms with E-state index in [2.05, 4.69) is 15.0 Å². The highest BCUT2D eigenvalue weighted by Crippen LogP contribution is 2.24. The van der Waals surface area contributed by atoms with Gasteiger partial charge in [0, 0.05) is 38.7 Å². The molecule has 2 aromatic rings. The van der Waals surface area contributed by atoms with E-state index in [1.807, 2.05) is 0 Å². The Morgan fingerprint density at radius 2 is 1.86 bits per heavy atom. The highest BCUT2D eigenvalue weighted by Gasteiger charge is 2.31. The molecule has 2 aromatic heterocycles. The number of hydrogen-bond acceptors (Lipinski definition) is 6. The third-order valence-corrected chi connectivity index (χ3v) is 4.47. The van der Waals surface area contributed by atoms with Crippen LogP contribution >= 0.6 is 11.6 Å². The molecule has 4 rings (SSSR count). The Labute approximate surface area is 165 Å². The summed E-state index contributed by atoms with van der Waals surface area (Å²) in [6.07, 6.45) is 3.57. The summed E-state index contributed by atoms with van der Waals surface area (Å²) in [6.45, 7) is 1.30. The summed E-state index contributed by atoms with van der Waals surface area (Å²) in [5.74, 6) is 0.237. The van der Waals surface area contributed by atoms with Crippen molar-refractivity contribution in [2.24, 2.45) is 0 Å². The van der Waals surface area contributed by atoms with Crippen LogP contribution < -0.4 is 4.90 Å². The highest BCUT2D eigenvalue weighted by molar-refractivity contribution is 6.30. The number of carbonyl (C=O) groups excluding carboxylic acids is 2. The fraction of sp³-hybridized carbons (Fsp3) is 0.294. The summed E-state index contributed by atoms with van der Waals surface area (Å²) in [4.78, 5) is 49.8. The van der Waals surface area contributed by atoms with Gasteiger partial charge in [-0.25, -0.2) is 14.8 Å². The molecule has 0 radical (unpaired) electrons. The SMILES string of the molecule is CN1CCN(C(=O)O)CC1=O.O=C1c2nccnc2CN1c1ccc(Cl)cn1. The molecule has 11 heteroatoms. The Kier molecular flexibility index (Phi) is 5.69. The van der Waals surface area contributed by atoms with E-state index in [9.17, 15) is 14.4 Å². The Bertz CT molecular complexity index is 907. The van der Waals surface area contributed by atoms with E-state index in [-0.39, 0.29) is 18.4 Å². The number of piperazine rings is 1. The molecule has 0 unspecified atom stereocenters. The molecule has 0 aromatic carbocycles. The summed E-state index contributed by atoms with van der Waals surface area (Å²) < 4.78 is 0. The van der Waals surface area contributed by atoms with Gasteiger partial charge in [0.1, 0.15) is 12.4 Å². The first-order valence-electron chi connectivity index (χ1n) is 8.32. The number of halogens is 1. The summed E-state index contributed by atoms with van der Waals surface area (Å²) in [7, 11) is 1.67. The predicted molar refractivity (Wildman–Crippen MR) is 99.0 cm³/mol. The molecule has 2 aliphatic heterocycles. The van der Waals surface area contributed by atoms with Gasteiger partial charge in [0.2, 0.25) is 5.91 Å². The van der Waals surface area contributed by atoms with Gasteiger partial charge in [-0.05, 0) is 12.1 Å². The molecule has 28 heavy (non-hydrogen) atoms. The van der Waals surface area contributed by atoms with Gasteiger partial charge in [0.05, 0.1) is 17.3 Å². The van der Waals surface area contributed by atoms with Crippen molar-refractivity contribution >= 4 is 35.3 Å². The van der Waals surface area contributed by atoms with Crippen molar-refractivity contribution in [3.63, 3.8) is 0 Å². The molecule has 146 valence electrons. The van der Waals surface area contributed by atoms with Crippen LogP contribution in [-0.2, 0) is 11.3 Å². The van der Waals surface area contributed by atoms with Gasteiger partial charge in [-0.1, -0.05) is 11.6 Å². The van der Waals surface area contributed by atoms with Crippen molar-refractivity contribution < 1.29 is 19.5 Å². The topological polar surface area (TPSA) is 120 Å². The number of likely N-dealkylation sites (N-methyl/N-ethyl adjacent to an activating group) is 1. The number of carbonyl (C=O) groups is 3. The van der Waals surface area contributed by atoms with E-state index >= 15 is 0 Å². The van der Waals surface area contributed by atoms with Gasteiger partial charge in [-0.3, -0.25) is 24.4 Å². The number of amides is 3. The Hall–Kier alpha value is -3.27. The molecule has 0 bridgehead atoms. The molecule has 0 spiro atoms. The second-order valence-corrected chi connectivity index (χ2v) is 6.53. The van der Waals surface area contributed by atoms with Gasteiger partial charge in [0.15, 0.2) is 5.69 Å². The van der Waals surface area contributed by atoms with Gasteiger partial charge in [-0.15, -0.1) is 0 Å². The molecular weight excluding hydrogens is 388 g/mol. The second kappa shape index (κ2) is 8.17. The molecule has 1 N–H and O–H groups in total. The first kappa shape index (κ1) is 19.5. The lowest BCUT2D eigenvalue weighted by Crippen LogP contribution is -2.50. The lowest BCUT2D eigenvalue weighted by atomic mass is 10.3. The number of aromatic nitrogens is 3. The number of anilines is 1. The number of carboxylic acid groups (broad SMARTS) is 1. The zero-order chi connectivity index (χ0) is 20.3. The first-order chi connectivity index (χ1) is 13.4. The lowest BCUT2D eigenvalue weighted by molar-refractivity contribution is -0.133.